The summed E-state index contributed by atoms with van der Waals surface area (Å²) in [7, 11) is 1.52. The van der Waals surface area contributed by atoms with Crippen molar-refractivity contribution >= 4 is 17.7 Å². The summed E-state index contributed by atoms with van der Waals surface area (Å²) >= 11 is 0. The number of benzene rings is 2. The largest absolute Gasteiger partial charge is 0.495 e. The van der Waals surface area contributed by atoms with E-state index in [0.717, 1.165) is 22.6 Å². The van der Waals surface area contributed by atoms with Gasteiger partial charge in [-0.1, -0.05) is 30.3 Å². The number of nitriles is 1. The van der Waals surface area contributed by atoms with Crippen molar-refractivity contribution in [2.75, 3.05) is 12.4 Å². The zero-order chi connectivity index (χ0) is 20.1. The molecule has 0 aliphatic heterocycles. The van der Waals surface area contributed by atoms with Gasteiger partial charge in [0.1, 0.15) is 17.4 Å². The number of nitrogens with zero attached hydrogens (tertiary/aromatic N) is 3. The minimum absolute atomic E-state index is 0.00952. The smallest absolute Gasteiger partial charge is 0.266 e. The van der Waals surface area contributed by atoms with Crippen LogP contribution in [0.15, 0.2) is 60.2 Å². The number of aromatic nitrogens is 2. The molecule has 1 aromatic heterocycles. The average Bonchev–Trinajstić information content (AvgIpc) is 3.00. The molecule has 0 bridgehead atoms. The van der Waals surface area contributed by atoms with Crippen LogP contribution in [-0.2, 0) is 4.79 Å². The van der Waals surface area contributed by atoms with Gasteiger partial charge in [0, 0.05) is 11.3 Å². The molecule has 140 valence electrons. The number of nitrogens with one attached hydrogen (secondary N) is 1. The molecule has 0 aliphatic rings. The van der Waals surface area contributed by atoms with Crippen LogP contribution in [0.1, 0.15) is 17.0 Å². The first kappa shape index (κ1) is 18.9. The number of methoxy groups -OCH3 is 1. The topological polar surface area (TPSA) is 79.9 Å². The van der Waals surface area contributed by atoms with Gasteiger partial charge in [0.25, 0.3) is 5.91 Å². The van der Waals surface area contributed by atoms with Crippen LogP contribution >= 0.6 is 0 Å². The molecule has 28 heavy (non-hydrogen) atoms. The minimum atomic E-state index is -0.502. The van der Waals surface area contributed by atoms with Gasteiger partial charge in [-0.2, -0.15) is 10.4 Å². The summed E-state index contributed by atoms with van der Waals surface area (Å²) in [4.78, 5) is 12.6. The molecule has 6 nitrogen and oxygen atoms in total. The third-order valence-corrected chi connectivity index (χ3v) is 4.36. The number of hydrogen-bond donors (Lipinski definition) is 1. The van der Waals surface area contributed by atoms with Crippen molar-refractivity contribution in [1.82, 2.24) is 9.78 Å². The molecule has 2 aromatic carbocycles. The first-order valence-electron chi connectivity index (χ1n) is 8.73. The summed E-state index contributed by atoms with van der Waals surface area (Å²) in [6, 6.07) is 18.7. The van der Waals surface area contributed by atoms with Gasteiger partial charge in [0.15, 0.2) is 0 Å². The molecule has 0 fully saturated rings. The van der Waals surface area contributed by atoms with E-state index in [-0.39, 0.29) is 5.57 Å². The Kier molecular flexibility index (Phi) is 5.56. The van der Waals surface area contributed by atoms with Crippen molar-refractivity contribution in [2.24, 2.45) is 0 Å². The Morgan fingerprint density at radius 2 is 1.82 bits per heavy atom. The summed E-state index contributed by atoms with van der Waals surface area (Å²) in [5, 5.41) is 16.8. The van der Waals surface area contributed by atoms with Crippen molar-refractivity contribution in [3.8, 4) is 17.5 Å². The number of para-hydroxylation sites is 3. The van der Waals surface area contributed by atoms with Gasteiger partial charge in [-0.05, 0) is 44.2 Å². The molecule has 0 aliphatic carbocycles. The van der Waals surface area contributed by atoms with Crippen molar-refractivity contribution in [3.63, 3.8) is 0 Å². The molecule has 3 aromatic rings. The number of hydrogen-bond acceptors (Lipinski definition) is 4. The Balaban J connectivity index is 1.94. The summed E-state index contributed by atoms with van der Waals surface area (Å²) in [6.07, 6.45) is 1.57. The Morgan fingerprint density at radius 3 is 2.50 bits per heavy atom. The maximum atomic E-state index is 12.6. The lowest BCUT2D eigenvalue weighted by Gasteiger charge is -2.09. The number of carbonyl (C=O) groups is 1. The van der Waals surface area contributed by atoms with Gasteiger partial charge in [0.05, 0.1) is 24.2 Å². The summed E-state index contributed by atoms with van der Waals surface area (Å²) in [6.45, 7) is 3.76. The van der Waals surface area contributed by atoms with Gasteiger partial charge in [-0.25, -0.2) is 4.68 Å². The lowest BCUT2D eigenvalue weighted by atomic mass is 10.1. The summed E-state index contributed by atoms with van der Waals surface area (Å²) in [5.41, 5.74) is 3.74. The van der Waals surface area contributed by atoms with Crippen LogP contribution in [0.2, 0.25) is 0 Å². The molecule has 0 saturated heterocycles. The summed E-state index contributed by atoms with van der Waals surface area (Å²) < 4.78 is 7.04. The van der Waals surface area contributed by atoms with Crippen LogP contribution in [-0.4, -0.2) is 22.8 Å². The molecule has 1 N–H and O–H groups in total. The highest BCUT2D eigenvalue weighted by Crippen LogP contribution is 2.25. The molecule has 0 spiro atoms. The fraction of sp³-hybridized carbons (Fsp3) is 0.136. The van der Waals surface area contributed by atoms with Crippen LogP contribution in [0.4, 0.5) is 5.69 Å². The van der Waals surface area contributed by atoms with E-state index in [4.69, 9.17) is 4.74 Å². The highest BCUT2D eigenvalue weighted by Gasteiger charge is 2.16. The van der Waals surface area contributed by atoms with Crippen molar-refractivity contribution < 1.29 is 9.53 Å². The van der Waals surface area contributed by atoms with Crippen LogP contribution in [0.5, 0.6) is 5.75 Å². The van der Waals surface area contributed by atoms with E-state index >= 15 is 0 Å². The summed E-state index contributed by atoms with van der Waals surface area (Å²) in [5.74, 6) is 0.0238. The number of amides is 1. The molecule has 0 atom stereocenters. The highest BCUT2D eigenvalue weighted by molar-refractivity contribution is 6.10. The standard InChI is InChI=1S/C22H20N4O2/c1-15-19(16(2)26(25-15)18-9-5-4-6-10-18)13-17(14-23)22(27)24-20-11-7-8-12-21(20)28-3/h4-13H,1-3H3,(H,24,27)/b17-13+. The molecule has 1 heterocycles. The lowest BCUT2D eigenvalue weighted by Crippen LogP contribution is -2.14. The quantitative estimate of drug-likeness (QED) is 0.541. The molecule has 3 rings (SSSR count). The number of aryl methyl sites for hydroxylation is 1. The van der Waals surface area contributed by atoms with Crippen LogP contribution < -0.4 is 10.1 Å². The van der Waals surface area contributed by atoms with E-state index < -0.39 is 5.91 Å². The zero-order valence-corrected chi connectivity index (χ0v) is 15.9. The van der Waals surface area contributed by atoms with E-state index in [2.05, 4.69) is 10.4 Å². The molecule has 0 unspecified atom stereocenters. The van der Waals surface area contributed by atoms with Gasteiger partial charge in [-0.15, -0.1) is 0 Å². The number of anilines is 1. The molecule has 1 amide bonds. The van der Waals surface area contributed by atoms with E-state index in [0.29, 0.717) is 11.4 Å². The number of carbonyl (C=O) groups excluding carboxylic acids is 1. The predicted octanol–water partition coefficient (Wildman–Crippen LogP) is 4.04. The predicted molar refractivity (Wildman–Crippen MR) is 108 cm³/mol. The van der Waals surface area contributed by atoms with Crippen LogP contribution in [0.3, 0.4) is 0 Å². The number of ether oxygens (including phenoxy) is 1. The number of rotatable bonds is 5. The third-order valence-electron chi connectivity index (χ3n) is 4.36. The van der Waals surface area contributed by atoms with Gasteiger partial charge < -0.3 is 10.1 Å². The second kappa shape index (κ2) is 8.23. The molecule has 6 heteroatoms. The van der Waals surface area contributed by atoms with E-state index in [1.165, 1.54) is 7.11 Å². The highest BCUT2D eigenvalue weighted by atomic mass is 16.5. The Morgan fingerprint density at radius 1 is 1.14 bits per heavy atom. The van der Waals surface area contributed by atoms with Gasteiger partial charge in [-0.3, -0.25) is 4.79 Å². The van der Waals surface area contributed by atoms with Gasteiger partial charge in [0.2, 0.25) is 0 Å². The molecule has 0 saturated carbocycles. The molecular weight excluding hydrogens is 352 g/mol. The van der Waals surface area contributed by atoms with E-state index in [1.54, 1.807) is 35.0 Å². The molecular formula is C22H20N4O2. The fourth-order valence-electron chi connectivity index (χ4n) is 2.91. The maximum absolute atomic E-state index is 12.6. The van der Waals surface area contributed by atoms with Crippen LogP contribution in [0.25, 0.3) is 11.8 Å². The van der Waals surface area contributed by atoms with Gasteiger partial charge >= 0.3 is 0 Å². The Labute approximate surface area is 163 Å². The third kappa shape index (κ3) is 3.79. The monoisotopic (exact) mass is 372 g/mol. The Bertz CT molecular complexity index is 1080. The molecule has 0 radical (unpaired) electrons. The SMILES string of the molecule is COc1ccccc1NC(=O)/C(C#N)=C/c1c(C)nn(-c2ccccc2)c1C. The van der Waals surface area contributed by atoms with E-state index in [9.17, 15) is 10.1 Å². The zero-order valence-electron chi connectivity index (χ0n) is 15.9. The minimum Gasteiger partial charge on any atom is -0.495 e. The van der Waals surface area contributed by atoms with Crippen LogP contribution in [0, 0.1) is 25.2 Å². The first-order chi connectivity index (χ1) is 13.5. The van der Waals surface area contributed by atoms with Crippen molar-refractivity contribution in [3.05, 3.63) is 77.1 Å². The second-order valence-corrected chi connectivity index (χ2v) is 6.16. The normalized spacial score (nSPS) is 11.0. The first-order valence-corrected chi connectivity index (χ1v) is 8.73. The fourth-order valence-corrected chi connectivity index (χ4v) is 2.91. The Hall–Kier alpha value is -3.85. The average molecular weight is 372 g/mol. The second-order valence-electron chi connectivity index (χ2n) is 6.16. The lowest BCUT2D eigenvalue weighted by molar-refractivity contribution is -0.112. The maximum Gasteiger partial charge on any atom is 0.266 e. The van der Waals surface area contributed by atoms with Crippen molar-refractivity contribution in [1.29, 1.82) is 5.26 Å². The van der Waals surface area contributed by atoms with E-state index in [1.807, 2.05) is 50.2 Å². The van der Waals surface area contributed by atoms with Crippen molar-refractivity contribution in [2.45, 2.75) is 13.8 Å².